The third-order valence-electron chi connectivity index (χ3n) is 5.01. The molecule has 0 unspecified atom stereocenters. The fraction of sp³-hybridized carbons (Fsp3) is 0.120. The molecule has 0 aliphatic carbocycles. The van der Waals surface area contributed by atoms with Gasteiger partial charge < -0.3 is 0 Å². The molecule has 0 fully saturated rings. The number of hydrogen-bond donors (Lipinski definition) is 0. The van der Waals surface area contributed by atoms with E-state index in [1.165, 1.54) is 11.6 Å². The Hall–Kier alpha value is -3.07. The minimum absolute atomic E-state index is 0.249. The van der Waals surface area contributed by atoms with Crippen LogP contribution in [0.3, 0.4) is 0 Å². The van der Waals surface area contributed by atoms with Gasteiger partial charge in [0.25, 0.3) is 0 Å². The van der Waals surface area contributed by atoms with Crippen molar-refractivity contribution in [3.8, 4) is 22.3 Å². The maximum Gasteiger partial charge on any atom is 0.159 e. The first-order chi connectivity index (χ1) is 13.6. The highest BCUT2D eigenvalue weighted by molar-refractivity contribution is 5.89. The molecule has 0 heterocycles. The third-order valence-corrected chi connectivity index (χ3v) is 5.01. The summed E-state index contributed by atoms with van der Waals surface area (Å²) in [6.07, 6.45) is 2.03. The molecule has 4 aromatic rings. The van der Waals surface area contributed by atoms with Gasteiger partial charge in [0.05, 0.1) is 0 Å². The van der Waals surface area contributed by atoms with E-state index in [4.69, 9.17) is 0 Å². The molecule has 0 aliphatic heterocycles. The van der Waals surface area contributed by atoms with Gasteiger partial charge in [-0.25, -0.2) is 13.2 Å². The zero-order valence-corrected chi connectivity index (χ0v) is 15.5. The van der Waals surface area contributed by atoms with Crippen molar-refractivity contribution in [3.63, 3.8) is 0 Å². The molecular formula is C25H19F3. The smallest absolute Gasteiger partial charge is 0.159 e. The molecule has 0 amide bonds. The zero-order chi connectivity index (χ0) is 19.7. The molecule has 0 atom stereocenters. The van der Waals surface area contributed by atoms with Crippen molar-refractivity contribution >= 4 is 10.8 Å². The second kappa shape index (κ2) is 7.51. The minimum atomic E-state index is -0.885. The van der Waals surface area contributed by atoms with Crippen molar-refractivity contribution in [1.29, 1.82) is 0 Å². The van der Waals surface area contributed by atoms with Crippen LogP contribution < -0.4 is 0 Å². The summed E-state index contributed by atoms with van der Waals surface area (Å²) in [5, 5.41) is 1.49. The van der Waals surface area contributed by atoms with Gasteiger partial charge >= 0.3 is 0 Å². The molecule has 0 bridgehead atoms. The highest BCUT2D eigenvalue weighted by atomic mass is 19.2. The molecule has 4 rings (SSSR count). The fourth-order valence-corrected chi connectivity index (χ4v) is 3.53. The third kappa shape index (κ3) is 3.40. The molecular weight excluding hydrogens is 357 g/mol. The van der Waals surface area contributed by atoms with E-state index in [2.05, 4.69) is 6.92 Å². The molecule has 0 aromatic heterocycles. The fourth-order valence-electron chi connectivity index (χ4n) is 3.53. The van der Waals surface area contributed by atoms with E-state index < -0.39 is 11.6 Å². The molecule has 140 valence electrons. The van der Waals surface area contributed by atoms with Gasteiger partial charge in [-0.15, -0.1) is 0 Å². The summed E-state index contributed by atoms with van der Waals surface area (Å²) in [7, 11) is 0. The lowest BCUT2D eigenvalue weighted by Gasteiger charge is -2.10. The van der Waals surface area contributed by atoms with E-state index >= 15 is 4.39 Å². The van der Waals surface area contributed by atoms with Gasteiger partial charge in [-0.05, 0) is 46.2 Å². The van der Waals surface area contributed by atoms with Crippen LogP contribution in [0.1, 0.15) is 18.9 Å². The Labute approximate surface area is 162 Å². The average molecular weight is 376 g/mol. The summed E-state index contributed by atoms with van der Waals surface area (Å²) >= 11 is 0. The van der Waals surface area contributed by atoms with Crippen molar-refractivity contribution in [2.75, 3.05) is 0 Å². The van der Waals surface area contributed by atoms with Gasteiger partial charge in [-0.1, -0.05) is 74.0 Å². The SMILES string of the molecule is CCCc1ccc2c(F)c(-c3ccc(-c4ccc(F)c(F)c4)cc3)ccc2c1. The van der Waals surface area contributed by atoms with Gasteiger partial charge in [0.15, 0.2) is 11.6 Å². The Balaban J connectivity index is 1.70. The van der Waals surface area contributed by atoms with Crippen molar-refractivity contribution < 1.29 is 13.2 Å². The molecule has 4 aromatic carbocycles. The number of hydrogen-bond acceptors (Lipinski definition) is 0. The van der Waals surface area contributed by atoms with E-state index in [9.17, 15) is 8.78 Å². The van der Waals surface area contributed by atoms with Crippen LogP contribution in [0.2, 0.25) is 0 Å². The Bertz CT molecular complexity index is 1140. The molecule has 0 nitrogen and oxygen atoms in total. The van der Waals surface area contributed by atoms with Crippen LogP contribution in [0.5, 0.6) is 0 Å². The van der Waals surface area contributed by atoms with Crippen molar-refractivity contribution in [2.45, 2.75) is 19.8 Å². The molecule has 0 spiro atoms. The summed E-state index contributed by atoms with van der Waals surface area (Å²) in [6, 6.07) is 20.6. The van der Waals surface area contributed by atoms with E-state index in [0.717, 1.165) is 41.5 Å². The van der Waals surface area contributed by atoms with E-state index in [0.29, 0.717) is 16.5 Å². The molecule has 28 heavy (non-hydrogen) atoms. The second-order valence-corrected chi connectivity index (χ2v) is 6.94. The van der Waals surface area contributed by atoms with Crippen LogP contribution in [0, 0.1) is 17.5 Å². The maximum atomic E-state index is 15.1. The monoisotopic (exact) mass is 376 g/mol. The van der Waals surface area contributed by atoms with Gasteiger partial charge in [0, 0.05) is 10.9 Å². The summed E-state index contributed by atoms with van der Waals surface area (Å²) in [5.41, 5.74) is 3.79. The second-order valence-electron chi connectivity index (χ2n) is 6.94. The largest absolute Gasteiger partial charge is 0.206 e. The molecule has 0 saturated heterocycles. The first kappa shape index (κ1) is 18.3. The van der Waals surface area contributed by atoms with Crippen molar-refractivity contribution in [2.24, 2.45) is 0 Å². The predicted octanol–water partition coefficient (Wildman–Crippen LogP) is 7.54. The van der Waals surface area contributed by atoms with E-state index in [-0.39, 0.29) is 5.82 Å². The Morgan fingerprint density at radius 3 is 2.07 bits per heavy atom. The Morgan fingerprint density at radius 1 is 0.643 bits per heavy atom. The lowest BCUT2D eigenvalue weighted by molar-refractivity contribution is 0.509. The van der Waals surface area contributed by atoms with E-state index in [1.807, 2.05) is 24.3 Å². The Morgan fingerprint density at radius 2 is 1.36 bits per heavy atom. The molecule has 0 radical (unpaired) electrons. The average Bonchev–Trinajstić information content (AvgIpc) is 2.71. The summed E-state index contributed by atoms with van der Waals surface area (Å²) < 4.78 is 41.7. The number of benzene rings is 4. The highest BCUT2D eigenvalue weighted by Crippen LogP contribution is 2.31. The van der Waals surface area contributed by atoms with Gasteiger partial charge in [-0.3, -0.25) is 0 Å². The predicted molar refractivity (Wildman–Crippen MR) is 109 cm³/mol. The zero-order valence-electron chi connectivity index (χ0n) is 15.5. The normalized spacial score (nSPS) is 11.1. The summed E-state index contributed by atoms with van der Waals surface area (Å²) in [5.74, 6) is -2.01. The van der Waals surface area contributed by atoms with Crippen LogP contribution in [0.15, 0.2) is 72.8 Å². The topological polar surface area (TPSA) is 0 Å². The lowest BCUT2D eigenvalue weighted by Crippen LogP contribution is -1.90. The van der Waals surface area contributed by atoms with Crippen LogP contribution in [-0.4, -0.2) is 0 Å². The van der Waals surface area contributed by atoms with E-state index in [1.54, 1.807) is 30.3 Å². The maximum absolute atomic E-state index is 15.1. The summed E-state index contributed by atoms with van der Waals surface area (Å²) in [4.78, 5) is 0. The van der Waals surface area contributed by atoms with Gasteiger partial charge in [0.1, 0.15) is 5.82 Å². The first-order valence-corrected chi connectivity index (χ1v) is 9.34. The number of rotatable bonds is 4. The lowest BCUT2D eigenvalue weighted by atomic mass is 9.96. The molecule has 0 aliphatic rings. The molecule has 0 N–H and O–H groups in total. The van der Waals surface area contributed by atoms with Gasteiger partial charge in [-0.2, -0.15) is 0 Å². The van der Waals surface area contributed by atoms with Crippen LogP contribution >= 0.6 is 0 Å². The van der Waals surface area contributed by atoms with Crippen LogP contribution in [-0.2, 0) is 6.42 Å². The minimum Gasteiger partial charge on any atom is -0.206 e. The van der Waals surface area contributed by atoms with Crippen LogP contribution in [0.25, 0.3) is 33.0 Å². The van der Waals surface area contributed by atoms with Crippen molar-refractivity contribution in [1.82, 2.24) is 0 Å². The standard InChI is InChI=1S/C25H19F3/c1-2-3-16-4-11-22-20(14-16)9-12-21(25(22)28)18-7-5-17(6-8-18)19-10-13-23(26)24(27)15-19/h4-15H,2-3H2,1H3. The van der Waals surface area contributed by atoms with Crippen LogP contribution in [0.4, 0.5) is 13.2 Å². The number of halogens is 3. The van der Waals surface area contributed by atoms with Gasteiger partial charge in [0.2, 0.25) is 0 Å². The summed E-state index contributed by atoms with van der Waals surface area (Å²) in [6.45, 7) is 2.12. The molecule has 0 saturated carbocycles. The highest BCUT2D eigenvalue weighted by Gasteiger charge is 2.11. The quantitative estimate of drug-likeness (QED) is 0.345. The Kier molecular flexibility index (Phi) is 4.91. The molecule has 3 heteroatoms. The number of fused-ring (bicyclic) bond motifs is 1. The first-order valence-electron chi connectivity index (χ1n) is 9.34. The van der Waals surface area contributed by atoms with Crippen molar-refractivity contribution in [3.05, 3.63) is 95.8 Å². The number of aryl methyl sites for hydroxylation is 1.